The second kappa shape index (κ2) is 7.82. The molecule has 0 unspecified atom stereocenters. The number of anilines is 2. The third-order valence-corrected chi connectivity index (χ3v) is 4.80. The van der Waals surface area contributed by atoms with Crippen LogP contribution in [0.4, 0.5) is 16.0 Å². The number of carbonyl (C=O) groups is 1. The molecule has 4 rings (SSSR count). The molecule has 2 N–H and O–H groups in total. The minimum Gasteiger partial charge on any atom is -0.497 e. The van der Waals surface area contributed by atoms with Gasteiger partial charge in [-0.3, -0.25) is 4.79 Å². The van der Waals surface area contributed by atoms with Gasteiger partial charge in [-0.05, 0) is 53.7 Å². The van der Waals surface area contributed by atoms with Crippen molar-refractivity contribution in [3.8, 4) is 11.5 Å². The summed E-state index contributed by atoms with van der Waals surface area (Å²) in [4.78, 5) is 13.3. The molecule has 9 nitrogen and oxygen atoms in total. The van der Waals surface area contributed by atoms with E-state index in [9.17, 15) is 9.18 Å². The van der Waals surface area contributed by atoms with Crippen LogP contribution in [0.5, 0.6) is 11.5 Å². The Kier molecular flexibility index (Phi) is 5.05. The minimum atomic E-state index is -0.655. The Morgan fingerprint density at radius 2 is 1.93 bits per heavy atom. The van der Waals surface area contributed by atoms with Crippen LogP contribution in [0, 0.1) is 5.82 Å². The number of nitrogens with one attached hydrogen (secondary N) is 2. The van der Waals surface area contributed by atoms with Crippen molar-refractivity contribution in [1.82, 2.24) is 20.2 Å². The molecule has 1 aromatic heterocycles. The molecule has 3 aromatic rings. The second-order valence-corrected chi connectivity index (χ2v) is 6.58. The Morgan fingerprint density at radius 1 is 1.17 bits per heavy atom. The number of carbonyl (C=O) groups excluding carboxylic acids is 1. The van der Waals surface area contributed by atoms with Crippen LogP contribution in [0.3, 0.4) is 0 Å². The van der Waals surface area contributed by atoms with Gasteiger partial charge in [0.15, 0.2) is 0 Å². The Balaban J connectivity index is 1.79. The molecule has 0 spiro atoms. The van der Waals surface area contributed by atoms with E-state index in [2.05, 4.69) is 26.2 Å². The van der Waals surface area contributed by atoms with Gasteiger partial charge in [-0.25, -0.2) is 4.39 Å². The molecule has 0 fully saturated rings. The van der Waals surface area contributed by atoms with Crippen molar-refractivity contribution in [3.63, 3.8) is 0 Å². The van der Waals surface area contributed by atoms with E-state index in [0.29, 0.717) is 40.0 Å². The summed E-state index contributed by atoms with van der Waals surface area (Å²) in [5.74, 6) is 0.758. The number of tetrazole rings is 1. The molecule has 10 heteroatoms. The van der Waals surface area contributed by atoms with E-state index in [1.807, 2.05) is 0 Å². The first-order chi connectivity index (χ1) is 14.5. The zero-order valence-electron chi connectivity index (χ0n) is 16.5. The van der Waals surface area contributed by atoms with Crippen molar-refractivity contribution in [2.24, 2.45) is 0 Å². The van der Waals surface area contributed by atoms with Gasteiger partial charge in [0, 0.05) is 23.0 Å². The smallest absolute Gasteiger partial charge is 0.255 e. The standard InChI is InChI=1S/C20H19FN6O3/c1-11-17(19(28)23-13-6-4-12(21)5-7-13)18(27-20(22-11)24-25-26-27)15-9-8-14(29-2)10-16(15)30-3/h4-10,18H,1-3H3,(H,23,28)(H,22,24,26)/t18-/m1/s1. The quantitative estimate of drug-likeness (QED) is 0.667. The third kappa shape index (κ3) is 3.43. The Morgan fingerprint density at radius 3 is 2.63 bits per heavy atom. The average molecular weight is 410 g/mol. The van der Waals surface area contributed by atoms with Crippen LogP contribution in [0.25, 0.3) is 0 Å². The van der Waals surface area contributed by atoms with Crippen molar-refractivity contribution in [1.29, 1.82) is 0 Å². The van der Waals surface area contributed by atoms with Crippen LogP contribution in [-0.4, -0.2) is 40.3 Å². The Labute approximate surface area is 171 Å². The normalized spacial score (nSPS) is 15.3. The number of ether oxygens (including phenoxy) is 2. The number of fused-ring (bicyclic) bond motifs is 1. The molecule has 0 aliphatic carbocycles. The Bertz CT molecular complexity index is 1130. The molecule has 30 heavy (non-hydrogen) atoms. The summed E-state index contributed by atoms with van der Waals surface area (Å²) in [7, 11) is 3.10. The van der Waals surface area contributed by atoms with Crippen LogP contribution < -0.4 is 20.1 Å². The molecule has 154 valence electrons. The van der Waals surface area contributed by atoms with E-state index in [-0.39, 0.29) is 11.7 Å². The van der Waals surface area contributed by atoms with E-state index in [1.165, 1.54) is 36.1 Å². The predicted octanol–water partition coefficient (Wildman–Crippen LogP) is 2.76. The van der Waals surface area contributed by atoms with Crippen LogP contribution in [-0.2, 0) is 4.79 Å². The largest absolute Gasteiger partial charge is 0.497 e. The number of rotatable bonds is 5. The zero-order chi connectivity index (χ0) is 21.3. The highest BCUT2D eigenvalue weighted by atomic mass is 19.1. The maximum absolute atomic E-state index is 13.3. The van der Waals surface area contributed by atoms with E-state index < -0.39 is 6.04 Å². The molecule has 1 aliphatic heterocycles. The van der Waals surface area contributed by atoms with Crippen molar-refractivity contribution >= 4 is 17.5 Å². The fourth-order valence-corrected chi connectivity index (χ4v) is 3.37. The first-order valence-corrected chi connectivity index (χ1v) is 9.06. The summed E-state index contributed by atoms with van der Waals surface area (Å²) in [6.07, 6.45) is 0. The zero-order valence-corrected chi connectivity index (χ0v) is 16.5. The van der Waals surface area contributed by atoms with Gasteiger partial charge in [0.05, 0.1) is 19.8 Å². The van der Waals surface area contributed by atoms with Crippen LogP contribution in [0.15, 0.2) is 53.7 Å². The lowest BCUT2D eigenvalue weighted by atomic mass is 9.94. The van der Waals surface area contributed by atoms with Gasteiger partial charge in [0.1, 0.15) is 23.4 Å². The SMILES string of the molecule is COc1ccc([C@@H]2C(C(=O)Nc3ccc(F)cc3)=C(C)Nc3nnnn32)c(OC)c1. The first-order valence-electron chi connectivity index (χ1n) is 9.06. The molecule has 2 heterocycles. The van der Waals surface area contributed by atoms with E-state index in [0.717, 1.165) is 0 Å². The summed E-state index contributed by atoms with van der Waals surface area (Å²) in [5.41, 5.74) is 2.11. The van der Waals surface area contributed by atoms with Crippen LogP contribution in [0.2, 0.25) is 0 Å². The summed E-state index contributed by atoms with van der Waals surface area (Å²) >= 11 is 0. The lowest BCUT2D eigenvalue weighted by Crippen LogP contribution is -2.31. The maximum Gasteiger partial charge on any atom is 0.255 e. The monoisotopic (exact) mass is 410 g/mol. The number of aromatic nitrogens is 4. The third-order valence-electron chi connectivity index (χ3n) is 4.80. The summed E-state index contributed by atoms with van der Waals surface area (Å²) in [5, 5.41) is 17.6. The molecule has 0 saturated carbocycles. The van der Waals surface area contributed by atoms with E-state index >= 15 is 0 Å². The van der Waals surface area contributed by atoms with E-state index in [1.54, 1.807) is 32.2 Å². The molecule has 1 atom stereocenters. The number of amides is 1. The molecule has 1 amide bonds. The molecule has 0 bridgehead atoms. The van der Waals surface area contributed by atoms with Crippen LogP contribution in [0.1, 0.15) is 18.5 Å². The van der Waals surface area contributed by atoms with Gasteiger partial charge >= 0.3 is 0 Å². The van der Waals surface area contributed by atoms with Gasteiger partial charge in [-0.1, -0.05) is 5.10 Å². The van der Waals surface area contributed by atoms with Crippen molar-refractivity contribution in [2.45, 2.75) is 13.0 Å². The average Bonchev–Trinajstić information content (AvgIpc) is 3.21. The van der Waals surface area contributed by atoms with Gasteiger partial charge in [-0.2, -0.15) is 4.68 Å². The fraction of sp³-hybridized carbons (Fsp3) is 0.200. The van der Waals surface area contributed by atoms with Gasteiger partial charge < -0.3 is 20.1 Å². The number of allylic oxidation sites excluding steroid dienone is 1. The van der Waals surface area contributed by atoms with Crippen LogP contribution >= 0.6 is 0 Å². The van der Waals surface area contributed by atoms with Gasteiger partial charge in [0.25, 0.3) is 5.91 Å². The number of hydrogen-bond donors (Lipinski definition) is 2. The lowest BCUT2D eigenvalue weighted by molar-refractivity contribution is -0.113. The highest BCUT2D eigenvalue weighted by Crippen LogP contribution is 2.40. The van der Waals surface area contributed by atoms with Crippen molar-refractivity contribution in [3.05, 3.63) is 65.1 Å². The van der Waals surface area contributed by atoms with Gasteiger partial charge in [-0.15, -0.1) is 0 Å². The summed E-state index contributed by atoms with van der Waals surface area (Å²) in [6, 6.07) is 10.2. The second-order valence-electron chi connectivity index (χ2n) is 6.58. The molecular weight excluding hydrogens is 391 g/mol. The van der Waals surface area contributed by atoms with Crippen molar-refractivity contribution in [2.75, 3.05) is 24.9 Å². The maximum atomic E-state index is 13.3. The summed E-state index contributed by atoms with van der Waals surface area (Å²) in [6.45, 7) is 1.76. The molecule has 2 aromatic carbocycles. The summed E-state index contributed by atoms with van der Waals surface area (Å²) < 4.78 is 25.6. The van der Waals surface area contributed by atoms with E-state index in [4.69, 9.17) is 9.47 Å². The number of halogens is 1. The van der Waals surface area contributed by atoms with Crippen molar-refractivity contribution < 1.29 is 18.7 Å². The number of benzene rings is 2. The number of hydrogen-bond acceptors (Lipinski definition) is 7. The molecule has 0 saturated heterocycles. The number of nitrogens with zero attached hydrogens (tertiary/aromatic N) is 4. The minimum absolute atomic E-state index is 0.379. The Hall–Kier alpha value is -3.95. The highest BCUT2D eigenvalue weighted by molar-refractivity contribution is 6.06. The van der Waals surface area contributed by atoms with Gasteiger partial charge in [0.2, 0.25) is 5.95 Å². The molecule has 0 radical (unpaired) electrons. The predicted molar refractivity (Wildman–Crippen MR) is 107 cm³/mol. The molecule has 1 aliphatic rings. The first kappa shape index (κ1) is 19.4. The number of methoxy groups -OCH3 is 2. The topological polar surface area (TPSA) is 103 Å². The fourth-order valence-electron chi connectivity index (χ4n) is 3.37. The lowest BCUT2D eigenvalue weighted by Gasteiger charge is -2.29. The highest BCUT2D eigenvalue weighted by Gasteiger charge is 2.35. The molecular formula is C20H19FN6O3.